The predicted octanol–water partition coefficient (Wildman–Crippen LogP) is 4.44. The van der Waals surface area contributed by atoms with Gasteiger partial charge in [-0.05, 0) is 76.1 Å². The SMILES string of the molecule is CNC[C@H](CC1(O)CCCCC1)NC(=O)N1CCC[C@@H]([C@@](O)(CCCCOC)c2cccc(Cl)c2)C1. The van der Waals surface area contributed by atoms with Crippen molar-refractivity contribution in [2.45, 2.75) is 87.9 Å². The third-order valence-corrected chi connectivity index (χ3v) is 8.29. The van der Waals surface area contributed by atoms with Crippen LogP contribution in [0.25, 0.3) is 0 Å². The molecule has 2 fully saturated rings. The number of likely N-dealkylation sites (tertiary alicyclic amines) is 1. The number of urea groups is 1. The number of aliphatic hydroxyl groups is 2. The first-order valence-electron chi connectivity index (χ1n) is 13.7. The first-order valence-corrected chi connectivity index (χ1v) is 14.1. The van der Waals surface area contributed by atoms with Gasteiger partial charge in [-0.3, -0.25) is 0 Å². The molecule has 0 radical (unpaired) electrons. The van der Waals surface area contributed by atoms with Crippen LogP contribution in [0.1, 0.15) is 76.2 Å². The highest BCUT2D eigenvalue weighted by molar-refractivity contribution is 6.30. The number of hydrogen-bond acceptors (Lipinski definition) is 5. The highest BCUT2D eigenvalue weighted by Gasteiger charge is 2.41. The largest absolute Gasteiger partial charge is 0.390 e. The van der Waals surface area contributed by atoms with Gasteiger partial charge in [0.25, 0.3) is 0 Å². The van der Waals surface area contributed by atoms with Gasteiger partial charge in [-0.15, -0.1) is 0 Å². The van der Waals surface area contributed by atoms with Crippen LogP contribution in [-0.2, 0) is 10.3 Å². The number of hydrogen-bond donors (Lipinski definition) is 4. The normalized spacial score (nSPS) is 22.6. The Morgan fingerprint density at radius 2 is 2.06 bits per heavy atom. The van der Waals surface area contributed by atoms with E-state index in [4.69, 9.17) is 16.3 Å². The Morgan fingerprint density at radius 1 is 1.28 bits per heavy atom. The van der Waals surface area contributed by atoms with Crippen LogP contribution in [-0.4, -0.2) is 73.2 Å². The van der Waals surface area contributed by atoms with Crippen LogP contribution in [0.3, 0.4) is 0 Å². The first-order chi connectivity index (χ1) is 17.3. The summed E-state index contributed by atoms with van der Waals surface area (Å²) in [5, 5.41) is 30.1. The number of piperidine rings is 1. The molecule has 8 heteroatoms. The van der Waals surface area contributed by atoms with E-state index in [9.17, 15) is 15.0 Å². The lowest BCUT2D eigenvalue weighted by Gasteiger charge is -2.43. The van der Waals surface area contributed by atoms with Gasteiger partial charge in [0.2, 0.25) is 0 Å². The Kier molecular flexibility index (Phi) is 11.3. The summed E-state index contributed by atoms with van der Waals surface area (Å²) in [7, 11) is 3.56. The number of methoxy groups -OCH3 is 1. The summed E-state index contributed by atoms with van der Waals surface area (Å²) < 4.78 is 5.21. The van der Waals surface area contributed by atoms with Gasteiger partial charge in [0, 0.05) is 50.3 Å². The van der Waals surface area contributed by atoms with Crippen LogP contribution in [0.2, 0.25) is 5.02 Å². The van der Waals surface area contributed by atoms with Gasteiger partial charge >= 0.3 is 6.03 Å². The molecule has 2 amide bonds. The van der Waals surface area contributed by atoms with Crippen LogP contribution in [0.15, 0.2) is 24.3 Å². The lowest BCUT2D eigenvalue weighted by Crippen LogP contribution is -2.55. The first kappa shape index (κ1) is 29.2. The number of carbonyl (C=O) groups is 1. The maximum Gasteiger partial charge on any atom is 0.317 e. The molecular formula is C28H46ClN3O4. The van der Waals surface area contributed by atoms with Crippen molar-refractivity contribution in [1.82, 2.24) is 15.5 Å². The lowest BCUT2D eigenvalue weighted by atomic mass is 9.74. The molecule has 1 saturated heterocycles. The van der Waals surface area contributed by atoms with Crippen molar-refractivity contribution in [1.29, 1.82) is 0 Å². The molecule has 1 aliphatic heterocycles. The predicted molar refractivity (Wildman–Crippen MR) is 144 cm³/mol. The molecule has 3 atom stereocenters. The van der Waals surface area contributed by atoms with E-state index in [1.165, 1.54) is 6.42 Å². The van der Waals surface area contributed by atoms with Crippen molar-refractivity contribution in [2.75, 3.05) is 40.4 Å². The second-order valence-corrected chi connectivity index (χ2v) is 11.3. The number of benzene rings is 1. The molecule has 4 N–H and O–H groups in total. The Morgan fingerprint density at radius 3 is 2.75 bits per heavy atom. The summed E-state index contributed by atoms with van der Waals surface area (Å²) in [4.78, 5) is 15.2. The van der Waals surface area contributed by atoms with Crippen molar-refractivity contribution >= 4 is 17.6 Å². The van der Waals surface area contributed by atoms with Crippen molar-refractivity contribution in [3.05, 3.63) is 34.9 Å². The number of ether oxygens (including phenoxy) is 1. The van der Waals surface area contributed by atoms with Gasteiger partial charge in [-0.2, -0.15) is 0 Å². The summed E-state index contributed by atoms with van der Waals surface area (Å²) >= 11 is 6.30. The van der Waals surface area contributed by atoms with Crippen molar-refractivity contribution in [3.8, 4) is 0 Å². The minimum absolute atomic E-state index is 0.0942. The second-order valence-electron chi connectivity index (χ2n) is 10.9. The molecule has 1 aliphatic carbocycles. The molecule has 0 unspecified atom stereocenters. The summed E-state index contributed by atoms with van der Waals surface area (Å²) in [5.74, 6) is -0.0942. The van der Waals surface area contributed by atoms with Gasteiger partial charge in [-0.1, -0.05) is 43.0 Å². The Labute approximate surface area is 221 Å². The summed E-state index contributed by atoms with van der Waals surface area (Å²) in [5.41, 5.74) is -0.960. The maximum atomic E-state index is 13.4. The average molecular weight is 524 g/mol. The van der Waals surface area contributed by atoms with Gasteiger partial charge in [-0.25, -0.2) is 4.79 Å². The second kappa shape index (κ2) is 14.0. The van der Waals surface area contributed by atoms with E-state index < -0.39 is 11.2 Å². The Balaban J connectivity index is 1.70. The Bertz CT molecular complexity index is 820. The van der Waals surface area contributed by atoms with Crippen LogP contribution < -0.4 is 10.6 Å². The van der Waals surface area contributed by atoms with E-state index in [0.29, 0.717) is 44.1 Å². The zero-order valence-corrected chi connectivity index (χ0v) is 22.9. The molecule has 0 aromatic heterocycles. The van der Waals surface area contributed by atoms with Crippen LogP contribution in [0.5, 0.6) is 0 Å². The van der Waals surface area contributed by atoms with E-state index in [1.54, 1.807) is 7.11 Å². The zero-order chi connectivity index (χ0) is 26.0. The summed E-state index contributed by atoms with van der Waals surface area (Å²) in [6, 6.07) is 7.22. The number of nitrogens with one attached hydrogen (secondary N) is 2. The van der Waals surface area contributed by atoms with Crippen molar-refractivity contribution in [3.63, 3.8) is 0 Å². The minimum Gasteiger partial charge on any atom is -0.390 e. The molecule has 1 aromatic carbocycles. The average Bonchev–Trinajstić information content (AvgIpc) is 2.87. The minimum atomic E-state index is -1.07. The molecule has 1 aromatic rings. The fourth-order valence-electron chi connectivity index (χ4n) is 6.09. The molecule has 3 rings (SSSR count). The number of likely N-dealkylation sites (N-methyl/N-ethyl adjacent to an activating group) is 1. The molecule has 0 spiro atoms. The highest BCUT2D eigenvalue weighted by Crippen LogP contribution is 2.40. The van der Waals surface area contributed by atoms with E-state index >= 15 is 0 Å². The number of halogens is 1. The summed E-state index contributed by atoms with van der Waals surface area (Å²) in [6.45, 7) is 2.41. The third kappa shape index (κ3) is 8.06. The molecule has 2 aliphatic rings. The van der Waals surface area contributed by atoms with Gasteiger partial charge in [0.05, 0.1) is 11.2 Å². The van der Waals surface area contributed by atoms with Gasteiger partial charge in [0.15, 0.2) is 0 Å². The Hall–Kier alpha value is -1.38. The molecule has 204 valence electrons. The number of amides is 2. The number of nitrogens with zero attached hydrogens (tertiary/aromatic N) is 1. The highest BCUT2D eigenvalue weighted by atomic mass is 35.5. The van der Waals surface area contributed by atoms with Crippen molar-refractivity contribution in [2.24, 2.45) is 5.92 Å². The molecule has 1 saturated carbocycles. The third-order valence-electron chi connectivity index (χ3n) is 8.05. The molecule has 7 nitrogen and oxygen atoms in total. The number of carbonyl (C=O) groups excluding carboxylic acids is 1. The summed E-state index contributed by atoms with van der Waals surface area (Å²) in [6.07, 6.45) is 9.35. The van der Waals surface area contributed by atoms with Crippen LogP contribution >= 0.6 is 11.6 Å². The van der Waals surface area contributed by atoms with Gasteiger partial charge < -0.3 is 30.5 Å². The number of rotatable bonds is 12. The molecule has 36 heavy (non-hydrogen) atoms. The topological polar surface area (TPSA) is 94.1 Å². The maximum absolute atomic E-state index is 13.4. The van der Waals surface area contributed by atoms with Gasteiger partial charge in [0.1, 0.15) is 0 Å². The van der Waals surface area contributed by atoms with E-state index in [1.807, 2.05) is 36.2 Å². The fourth-order valence-corrected chi connectivity index (χ4v) is 6.28. The van der Waals surface area contributed by atoms with Crippen LogP contribution in [0.4, 0.5) is 4.79 Å². The zero-order valence-electron chi connectivity index (χ0n) is 22.1. The standard InChI is InChI=1S/C28H46ClN3O4/c1-30-20-25(19-27(34)13-4-3-5-14-27)31-26(33)32-16-9-11-23(21-32)28(35,15-6-7-17-36-2)22-10-8-12-24(29)18-22/h8,10,12,18,23,25,30,34-35H,3-7,9,11,13-17,19-21H2,1-2H3,(H,31,33)/t23-,25+,28-/m1/s1. The van der Waals surface area contributed by atoms with E-state index in [-0.39, 0.29) is 18.0 Å². The molecule has 1 heterocycles. The molecular weight excluding hydrogens is 478 g/mol. The van der Waals surface area contributed by atoms with Crippen molar-refractivity contribution < 1.29 is 19.7 Å². The quantitative estimate of drug-likeness (QED) is 0.304. The van der Waals surface area contributed by atoms with Crippen LogP contribution in [0, 0.1) is 5.92 Å². The molecule has 0 bridgehead atoms. The fraction of sp³-hybridized carbons (Fsp3) is 0.750. The monoisotopic (exact) mass is 523 g/mol. The smallest absolute Gasteiger partial charge is 0.317 e. The van der Waals surface area contributed by atoms with E-state index in [0.717, 1.165) is 56.9 Å². The van der Waals surface area contributed by atoms with E-state index in [2.05, 4.69) is 10.6 Å². The lowest BCUT2D eigenvalue weighted by molar-refractivity contribution is -0.0565. The number of unbranched alkanes of at least 4 members (excludes halogenated alkanes) is 1.